The quantitative estimate of drug-likeness (QED) is 0.293. The van der Waals surface area contributed by atoms with E-state index in [4.69, 9.17) is 9.84 Å². The first-order chi connectivity index (χ1) is 12.4. The number of aliphatic hydroxyl groups excluding tert-OH is 3. The first kappa shape index (κ1) is 22.8. The van der Waals surface area contributed by atoms with E-state index in [0.29, 0.717) is 32.1 Å². The van der Waals surface area contributed by atoms with Gasteiger partial charge in [-0.1, -0.05) is 50.5 Å². The molecule has 6 nitrogen and oxygen atoms in total. The van der Waals surface area contributed by atoms with Crippen LogP contribution in [0.4, 0.5) is 0 Å². The smallest absolute Gasteiger partial charge is 0.303 e. The molecule has 0 amide bonds. The van der Waals surface area contributed by atoms with Gasteiger partial charge in [-0.2, -0.15) is 0 Å². The molecule has 0 aliphatic carbocycles. The van der Waals surface area contributed by atoms with Gasteiger partial charge >= 0.3 is 5.97 Å². The maximum Gasteiger partial charge on any atom is 0.303 e. The Labute approximate surface area is 156 Å². The van der Waals surface area contributed by atoms with Gasteiger partial charge < -0.3 is 25.2 Å². The molecule has 1 aliphatic rings. The van der Waals surface area contributed by atoms with Gasteiger partial charge in [-0.25, -0.2) is 0 Å². The summed E-state index contributed by atoms with van der Waals surface area (Å²) >= 11 is 0. The third-order valence-electron chi connectivity index (χ3n) is 4.56. The van der Waals surface area contributed by atoms with Crippen LogP contribution >= 0.6 is 0 Å². The predicted molar refractivity (Wildman–Crippen MR) is 99.8 cm³/mol. The van der Waals surface area contributed by atoms with E-state index in [1.54, 1.807) is 12.2 Å². The molecule has 1 saturated heterocycles. The van der Waals surface area contributed by atoms with E-state index in [1.807, 2.05) is 12.2 Å². The van der Waals surface area contributed by atoms with Gasteiger partial charge in [0.05, 0.1) is 30.5 Å². The van der Waals surface area contributed by atoms with Gasteiger partial charge in [-0.15, -0.1) is 0 Å². The third-order valence-corrected chi connectivity index (χ3v) is 4.56. The summed E-state index contributed by atoms with van der Waals surface area (Å²) in [5.74, 6) is -0.798. The zero-order valence-corrected chi connectivity index (χ0v) is 15.7. The number of hydrogen-bond acceptors (Lipinski definition) is 5. The molecule has 0 aromatic carbocycles. The summed E-state index contributed by atoms with van der Waals surface area (Å²) in [7, 11) is 0. The van der Waals surface area contributed by atoms with Gasteiger partial charge in [-0.3, -0.25) is 4.79 Å². The standard InChI is InChI=1S/C20H34O6/c1-2-3-6-9-15(21)12-13-16(22)19-14-17(23)18(26-19)10-7-4-5-8-11-20(24)25/h4,7,12-13,15-19,21-23H,2-3,5-6,8-11,14H2,1H3,(H,24,25)/b7-4-,13-12+/t15-,16-,17-,18-,19+/m1/s1. The first-order valence-electron chi connectivity index (χ1n) is 9.68. The number of aliphatic carboxylic acids is 1. The highest BCUT2D eigenvalue weighted by atomic mass is 16.5. The van der Waals surface area contributed by atoms with Gasteiger partial charge in [0.25, 0.3) is 0 Å². The van der Waals surface area contributed by atoms with Crippen molar-refractivity contribution >= 4 is 5.97 Å². The molecule has 4 N–H and O–H groups in total. The average Bonchev–Trinajstić information content (AvgIpc) is 2.97. The van der Waals surface area contributed by atoms with Crippen molar-refractivity contribution in [2.75, 3.05) is 0 Å². The lowest BCUT2D eigenvalue weighted by atomic mass is 10.0. The minimum absolute atomic E-state index is 0.151. The van der Waals surface area contributed by atoms with Crippen molar-refractivity contribution in [3.8, 4) is 0 Å². The lowest BCUT2D eigenvalue weighted by Gasteiger charge is -2.16. The molecule has 0 saturated carbocycles. The monoisotopic (exact) mass is 370 g/mol. The Hall–Kier alpha value is -1.21. The Morgan fingerprint density at radius 1 is 1.19 bits per heavy atom. The summed E-state index contributed by atoms with van der Waals surface area (Å²) in [4.78, 5) is 10.4. The molecule has 0 aromatic heterocycles. The van der Waals surface area contributed by atoms with E-state index in [2.05, 4.69) is 6.92 Å². The molecule has 1 aliphatic heterocycles. The lowest BCUT2D eigenvalue weighted by Crippen LogP contribution is -2.24. The number of carboxylic acids is 1. The van der Waals surface area contributed by atoms with Crippen molar-refractivity contribution in [3.63, 3.8) is 0 Å². The SMILES string of the molecule is CCCCC[C@@H](O)/C=C/[C@@H](O)[C@@H]1C[C@@H](O)[C@@H](C/C=C\CCCC(=O)O)O1. The molecule has 150 valence electrons. The summed E-state index contributed by atoms with van der Waals surface area (Å²) in [6.45, 7) is 2.11. The number of aliphatic hydroxyl groups is 3. The highest BCUT2D eigenvalue weighted by Crippen LogP contribution is 2.26. The Bertz CT molecular complexity index is 448. The van der Waals surface area contributed by atoms with Crippen LogP contribution < -0.4 is 0 Å². The number of carboxylic acid groups (broad SMARTS) is 1. The second-order valence-electron chi connectivity index (χ2n) is 6.95. The summed E-state index contributed by atoms with van der Waals surface area (Å²) in [5, 5.41) is 38.7. The van der Waals surface area contributed by atoms with Gasteiger partial charge in [0, 0.05) is 12.8 Å². The zero-order chi connectivity index (χ0) is 19.4. The van der Waals surface area contributed by atoms with Crippen molar-refractivity contribution in [1.29, 1.82) is 0 Å². The van der Waals surface area contributed by atoms with Crippen molar-refractivity contribution in [1.82, 2.24) is 0 Å². The molecular formula is C20H34O6. The van der Waals surface area contributed by atoms with Crippen molar-refractivity contribution < 1.29 is 30.0 Å². The highest BCUT2D eigenvalue weighted by molar-refractivity contribution is 5.66. The lowest BCUT2D eigenvalue weighted by molar-refractivity contribution is -0.137. The van der Waals surface area contributed by atoms with Crippen LogP contribution in [0.15, 0.2) is 24.3 Å². The summed E-state index contributed by atoms with van der Waals surface area (Å²) < 4.78 is 5.73. The van der Waals surface area contributed by atoms with E-state index < -0.39 is 30.4 Å². The van der Waals surface area contributed by atoms with Crippen LogP contribution in [-0.4, -0.2) is 56.9 Å². The van der Waals surface area contributed by atoms with Gasteiger partial charge in [0.15, 0.2) is 0 Å². The molecule has 6 heteroatoms. The normalized spacial score (nSPS) is 25.9. The number of hydrogen-bond donors (Lipinski definition) is 4. The topological polar surface area (TPSA) is 107 Å². The van der Waals surface area contributed by atoms with E-state index in [9.17, 15) is 20.1 Å². The Morgan fingerprint density at radius 2 is 1.96 bits per heavy atom. The van der Waals surface area contributed by atoms with E-state index in [0.717, 1.165) is 19.3 Å². The second kappa shape index (κ2) is 13.0. The molecule has 1 fully saturated rings. The number of rotatable bonds is 13. The first-order valence-corrected chi connectivity index (χ1v) is 9.68. The maximum absolute atomic E-state index is 10.4. The fourth-order valence-corrected chi connectivity index (χ4v) is 2.98. The Kier molecular flexibility index (Phi) is 11.4. The molecule has 5 atom stereocenters. The Balaban J connectivity index is 2.30. The number of allylic oxidation sites excluding steroid dienone is 1. The molecule has 1 heterocycles. The molecule has 0 aromatic rings. The van der Waals surface area contributed by atoms with Crippen LogP contribution in [0.5, 0.6) is 0 Å². The van der Waals surface area contributed by atoms with Gasteiger partial charge in [0.1, 0.15) is 0 Å². The van der Waals surface area contributed by atoms with Crippen LogP contribution in [0.25, 0.3) is 0 Å². The molecule has 26 heavy (non-hydrogen) atoms. The Morgan fingerprint density at radius 3 is 2.65 bits per heavy atom. The fraction of sp³-hybridized carbons (Fsp3) is 0.750. The van der Waals surface area contributed by atoms with Crippen LogP contribution in [0.1, 0.15) is 64.7 Å². The van der Waals surface area contributed by atoms with Crippen LogP contribution in [0.3, 0.4) is 0 Å². The van der Waals surface area contributed by atoms with Crippen LogP contribution in [0.2, 0.25) is 0 Å². The summed E-state index contributed by atoms with van der Waals surface area (Å²) in [6, 6.07) is 0. The molecule has 0 unspecified atom stereocenters. The minimum Gasteiger partial charge on any atom is -0.481 e. The molecule has 0 bridgehead atoms. The van der Waals surface area contributed by atoms with Crippen molar-refractivity contribution in [3.05, 3.63) is 24.3 Å². The van der Waals surface area contributed by atoms with Crippen molar-refractivity contribution in [2.24, 2.45) is 0 Å². The zero-order valence-electron chi connectivity index (χ0n) is 15.7. The maximum atomic E-state index is 10.4. The number of ether oxygens (including phenoxy) is 1. The summed E-state index contributed by atoms with van der Waals surface area (Å²) in [5.41, 5.74) is 0. The second-order valence-corrected chi connectivity index (χ2v) is 6.95. The number of carbonyl (C=O) groups is 1. The predicted octanol–water partition coefficient (Wildman–Crippen LogP) is 2.56. The number of unbranched alkanes of at least 4 members (excludes halogenated alkanes) is 3. The van der Waals surface area contributed by atoms with Crippen LogP contribution in [0, 0.1) is 0 Å². The third kappa shape index (κ3) is 9.48. The summed E-state index contributed by atoms with van der Waals surface area (Å²) in [6.07, 6.45) is 10.2. The molecule has 1 rings (SSSR count). The molecule has 0 spiro atoms. The largest absolute Gasteiger partial charge is 0.481 e. The van der Waals surface area contributed by atoms with E-state index >= 15 is 0 Å². The highest BCUT2D eigenvalue weighted by Gasteiger charge is 2.36. The fourth-order valence-electron chi connectivity index (χ4n) is 2.98. The van der Waals surface area contributed by atoms with Gasteiger partial charge in [-0.05, 0) is 25.7 Å². The van der Waals surface area contributed by atoms with Crippen molar-refractivity contribution in [2.45, 2.75) is 95.2 Å². The van der Waals surface area contributed by atoms with E-state index in [-0.39, 0.29) is 12.5 Å². The average molecular weight is 370 g/mol. The minimum atomic E-state index is -0.852. The van der Waals surface area contributed by atoms with Gasteiger partial charge in [0.2, 0.25) is 0 Å². The molecular weight excluding hydrogens is 336 g/mol. The molecule has 0 radical (unpaired) electrons. The van der Waals surface area contributed by atoms with E-state index in [1.165, 1.54) is 0 Å². The van der Waals surface area contributed by atoms with Crippen LogP contribution in [-0.2, 0) is 9.53 Å².